The molecule has 1 fully saturated rings. The molecule has 0 aromatic heterocycles. The first-order valence-corrected chi connectivity index (χ1v) is 5.67. The molecule has 2 nitrogen and oxygen atoms in total. The fourth-order valence-corrected chi connectivity index (χ4v) is 2.01. The Balaban J connectivity index is 2.11. The van der Waals surface area contributed by atoms with Crippen LogP contribution in [0.4, 0.5) is 0 Å². The average Bonchev–Trinajstić information content (AvgIpc) is 2.47. The van der Waals surface area contributed by atoms with Gasteiger partial charge in [0.2, 0.25) is 5.91 Å². The zero-order chi connectivity index (χ0) is 8.97. The summed E-state index contributed by atoms with van der Waals surface area (Å²) in [5.74, 6) is 1.69. The van der Waals surface area contributed by atoms with Gasteiger partial charge in [0.1, 0.15) is 0 Å². The summed E-state index contributed by atoms with van der Waals surface area (Å²) in [5, 5.41) is 3.33. The monoisotopic (exact) mass is 233 g/mol. The molecule has 0 aliphatic heterocycles. The molecule has 3 heteroatoms. The highest BCUT2D eigenvalue weighted by Crippen LogP contribution is 2.29. The molecule has 0 bridgehead atoms. The topological polar surface area (TPSA) is 29.1 Å². The molecule has 0 heterocycles. The van der Waals surface area contributed by atoms with Crippen LogP contribution in [0.3, 0.4) is 0 Å². The summed E-state index contributed by atoms with van der Waals surface area (Å²) in [6.45, 7) is 3.15. The molecule has 0 radical (unpaired) electrons. The average molecular weight is 234 g/mol. The van der Waals surface area contributed by atoms with Crippen molar-refractivity contribution in [1.82, 2.24) is 5.32 Å². The van der Waals surface area contributed by atoms with Crippen molar-refractivity contribution >= 4 is 21.8 Å². The Kier molecular flexibility index (Phi) is 4.06. The van der Waals surface area contributed by atoms with Crippen molar-refractivity contribution in [2.24, 2.45) is 11.8 Å². The molecule has 1 aliphatic carbocycles. The van der Waals surface area contributed by atoms with Crippen LogP contribution in [0.5, 0.6) is 0 Å². The van der Waals surface area contributed by atoms with Crippen molar-refractivity contribution in [3.05, 3.63) is 0 Å². The number of alkyl halides is 1. The van der Waals surface area contributed by atoms with Crippen molar-refractivity contribution in [1.29, 1.82) is 0 Å². The highest BCUT2D eigenvalue weighted by atomic mass is 79.9. The third-order valence-electron chi connectivity index (χ3n) is 2.51. The van der Waals surface area contributed by atoms with E-state index in [1.807, 2.05) is 0 Å². The third kappa shape index (κ3) is 3.13. The highest BCUT2D eigenvalue weighted by molar-refractivity contribution is 9.09. The van der Waals surface area contributed by atoms with E-state index in [2.05, 4.69) is 28.2 Å². The zero-order valence-electron chi connectivity index (χ0n) is 7.48. The molecule has 0 saturated heterocycles. The highest BCUT2D eigenvalue weighted by Gasteiger charge is 2.21. The Bertz CT molecular complexity index is 161. The van der Waals surface area contributed by atoms with E-state index in [1.54, 1.807) is 0 Å². The molecule has 2 atom stereocenters. The van der Waals surface area contributed by atoms with E-state index in [4.69, 9.17) is 0 Å². The van der Waals surface area contributed by atoms with Gasteiger partial charge < -0.3 is 5.32 Å². The predicted molar refractivity (Wildman–Crippen MR) is 53.3 cm³/mol. The lowest BCUT2D eigenvalue weighted by molar-refractivity contribution is -0.118. The van der Waals surface area contributed by atoms with Gasteiger partial charge in [0.15, 0.2) is 0 Å². The van der Waals surface area contributed by atoms with Crippen LogP contribution in [0.1, 0.15) is 26.2 Å². The number of halogens is 1. The molecule has 1 rings (SSSR count). The molecule has 1 aliphatic rings. The van der Waals surface area contributed by atoms with Gasteiger partial charge in [0.05, 0.1) is 5.33 Å². The standard InChI is InChI=1S/C9H16BrNO/c1-7-2-3-8(4-7)6-11-9(12)5-10/h7-8H,2-6H2,1H3,(H,11,12). The summed E-state index contributed by atoms with van der Waals surface area (Å²) in [7, 11) is 0. The van der Waals surface area contributed by atoms with E-state index in [0.29, 0.717) is 5.33 Å². The van der Waals surface area contributed by atoms with E-state index in [1.165, 1.54) is 19.3 Å². The van der Waals surface area contributed by atoms with E-state index >= 15 is 0 Å². The van der Waals surface area contributed by atoms with Crippen LogP contribution in [0.25, 0.3) is 0 Å². The van der Waals surface area contributed by atoms with Gasteiger partial charge in [-0.25, -0.2) is 0 Å². The molecule has 1 N–H and O–H groups in total. The Labute approximate surface area is 82.2 Å². The van der Waals surface area contributed by atoms with Crippen LogP contribution in [0, 0.1) is 11.8 Å². The molecule has 70 valence electrons. The number of nitrogens with one attached hydrogen (secondary N) is 1. The SMILES string of the molecule is CC1CCC(CNC(=O)CBr)C1. The minimum atomic E-state index is 0.106. The lowest BCUT2D eigenvalue weighted by Crippen LogP contribution is -2.29. The van der Waals surface area contributed by atoms with Gasteiger partial charge in [-0.2, -0.15) is 0 Å². The van der Waals surface area contributed by atoms with Gasteiger partial charge in [-0.15, -0.1) is 0 Å². The summed E-state index contributed by atoms with van der Waals surface area (Å²) in [5.41, 5.74) is 0. The zero-order valence-corrected chi connectivity index (χ0v) is 9.06. The van der Waals surface area contributed by atoms with Crippen molar-refractivity contribution in [2.75, 3.05) is 11.9 Å². The van der Waals surface area contributed by atoms with Crippen LogP contribution in [-0.2, 0) is 4.79 Å². The maximum absolute atomic E-state index is 10.9. The lowest BCUT2D eigenvalue weighted by atomic mass is 10.1. The van der Waals surface area contributed by atoms with Crippen LogP contribution in [-0.4, -0.2) is 17.8 Å². The smallest absolute Gasteiger partial charge is 0.230 e. The fourth-order valence-electron chi connectivity index (χ4n) is 1.82. The number of carbonyl (C=O) groups excluding carboxylic acids is 1. The van der Waals surface area contributed by atoms with Crippen molar-refractivity contribution < 1.29 is 4.79 Å². The van der Waals surface area contributed by atoms with E-state index in [9.17, 15) is 4.79 Å². The lowest BCUT2D eigenvalue weighted by Gasteiger charge is -2.09. The summed E-state index contributed by atoms with van der Waals surface area (Å²) < 4.78 is 0. The Morgan fingerprint density at radius 3 is 2.83 bits per heavy atom. The second-order valence-corrected chi connectivity index (χ2v) is 4.28. The Morgan fingerprint density at radius 2 is 2.33 bits per heavy atom. The maximum atomic E-state index is 10.9. The Morgan fingerprint density at radius 1 is 1.58 bits per heavy atom. The minimum Gasteiger partial charge on any atom is -0.355 e. The van der Waals surface area contributed by atoms with Gasteiger partial charge in [0, 0.05) is 6.54 Å². The molecule has 0 aromatic carbocycles. The van der Waals surface area contributed by atoms with Crippen LogP contribution in [0.15, 0.2) is 0 Å². The first-order chi connectivity index (χ1) is 5.72. The number of carbonyl (C=O) groups is 1. The van der Waals surface area contributed by atoms with E-state index < -0.39 is 0 Å². The molecule has 0 spiro atoms. The molecular weight excluding hydrogens is 218 g/mol. The number of rotatable bonds is 3. The van der Waals surface area contributed by atoms with Gasteiger partial charge >= 0.3 is 0 Å². The maximum Gasteiger partial charge on any atom is 0.230 e. The second kappa shape index (κ2) is 4.85. The van der Waals surface area contributed by atoms with Crippen LogP contribution >= 0.6 is 15.9 Å². The number of hydrogen-bond acceptors (Lipinski definition) is 1. The van der Waals surface area contributed by atoms with Crippen molar-refractivity contribution in [3.63, 3.8) is 0 Å². The third-order valence-corrected chi connectivity index (χ3v) is 3.02. The number of amides is 1. The molecular formula is C9H16BrNO. The van der Waals surface area contributed by atoms with Gasteiger partial charge in [-0.1, -0.05) is 29.3 Å². The van der Waals surface area contributed by atoms with E-state index in [-0.39, 0.29) is 5.91 Å². The molecule has 12 heavy (non-hydrogen) atoms. The van der Waals surface area contributed by atoms with E-state index in [0.717, 1.165) is 18.4 Å². The van der Waals surface area contributed by atoms with Crippen LogP contribution < -0.4 is 5.32 Å². The normalized spacial score (nSPS) is 28.8. The summed E-state index contributed by atoms with van der Waals surface area (Å²) in [4.78, 5) is 10.9. The summed E-state index contributed by atoms with van der Waals surface area (Å²) in [6.07, 6.45) is 3.89. The molecule has 2 unspecified atom stereocenters. The largest absolute Gasteiger partial charge is 0.355 e. The minimum absolute atomic E-state index is 0.106. The Hall–Kier alpha value is -0.0500. The van der Waals surface area contributed by atoms with Crippen molar-refractivity contribution in [3.8, 4) is 0 Å². The molecule has 1 saturated carbocycles. The van der Waals surface area contributed by atoms with Gasteiger partial charge in [-0.3, -0.25) is 4.79 Å². The quantitative estimate of drug-likeness (QED) is 0.743. The first kappa shape index (κ1) is 10.0. The second-order valence-electron chi connectivity index (χ2n) is 3.72. The summed E-state index contributed by atoms with van der Waals surface area (Å²) >= 11 is 3.12. The summed E-state index contributed by atoms with van der Waals surface area (Å²) in [6, 6.07) is 0. The first-order valence-electron chi connectivity index (χ1n) is 4.55. The fraction of sp³-hybridized carbons (Fsp3) is 0.889. The number of hydrogen-bond donors (Lipinski definition) is 1. The van der Waals surface area contributed by atoms with Gasteiger partial charge in [0.25, 0.3) is 0 Å². The molecule has 1 amide bonds. The van der Waals surface area contributed by atoms with Crippen LogP contribution in [0.2, 0.25) is 0 Å². The van der Waals surface area contributed by atoms with Crippen molar-refractivity contribution in [2.45, 2.75) is 26.2 Å². The molecule has 0 aromatic rings. The van der Waals surface area contributed by atoms with Gasteiger partial charge in [-0.05, 0) is 24.7 Å². The predicted octanol–water partition coefficient (Wildman–Crippen LogP) is 1.93.